The molecule has 0 aliphatic heterocycles. The number of hydrogen-bond donors (Lipinski definition) is 1. The van der Waals surface area contributed by atoms with Crippen molar-refractivity contribution in [1.29, 1.82) is 0 Å². The Morgan fingerprint density at radius 3 is 2.73 bits per heavy atom. The van der Waals surface area contributed by atoms with Crippen LogP contribution in [0.15, 0.2) is 17.7 Å². The summed E-state index contributed by atoms with van der Waals surface area (Å²) in [6.45, 7) is 8.54. The van der Waals surface area contributed by atoms with Crippen LogP contribution in [-0.4, -0.2) is 13.1 Å². The van der Waals surface area contributed by atoms with E-state index in [2.05, 4.69) is 38.2 Å². The fourth-order valence-corrected chi connectivity index (χ4v) is 2.32. The van der Waals surface area contributed by atoms with Crippen molar-refractivity contribution in [3.63, 3.8) is 0 Å². The minimum absolute atomic E-state index is 0.574. The zero-order chi connectivity index (χ0) is 11.3. The third-order valence-corrected chi connectivity index (χ3v) is 3.42. The highest BCUT2D eigenvalue weighted by Crippen LogP contribution is 2.24. The van der Waals surface area contributed by atoms with E-state index in [1.807, 2.05) is 6.07 Å². The van der Waals surface area contributed by atoms with E-state index < -0.39 is 0 Å². The zero-order valence-electron chi connectivity index (χ0n) is 9.51. The van der Waals surface area contributed by atoms with E-state index >= 15 is 0 Å². The van der Waals surface area contributed by atoms with Gasteiger partial charge in [0, 0.05) is 11.4 Å². The molecule has 3 heteroatoms. The number of nitrogens with one attached hydrogen (secondary N) is 1. The Hall–Kier alpha value is -0.310. The van der Waals surface area contributed by atoms with Gasteiger partial charge in [-0.2, -0.15) is 0 Å². The Labute approximate surface area is 101 Å². The Bertz CT molecular complexity index is 328. The Balaban J connectivity index is 2.74. The third kappa shape index (κ3) is 4.37. The SMILES string of the molecule is CCNCC(=Cc1ccc(Cl)s1)C(C)C. The van der Waals surface area contributed by atoms with Crippen molar-refractivity contribution in [3.8, 4) is 0 Å². The summed E-state index contributed by atoms with van der Waals surface area (Å²) in [5.41, 5.74) is 1.43. The lowest BCUT2D eigenvalue weighted by atomic mass is 10.0. The highest BCUT2D eigenvalue weighted by molar-refractivity contribution is 7.17. The van der Waals surface area contributed by atoms with Gasteiger partial charge in [-0.25, -0.2) is 0 Å². The molecular formula is C12H18ClNS. The van der Waals surface area contributed by atoms with Crippen LogP contribution in [0.3, 0.4) is 0 Å². The van der Waals surface area contributed by atoms with E-state index in [0.29, 0.717) is 5.92 Å². The van der Waals surface area contributed by atoms with Crippen molar-refractivity contribution in [2.75, 3.05) is 13.1 Å². The number of halogens is 1. The molecule has 0 unspecified atom stereocenters. The second-order valence-electron chi connectivity index (χ2n) is 3.80. The van der Waals surface area contributed by atoms with E-state index in [-0.39, 0.29) is 0 Å². The molecule has 1 rings (SSSR count). The van der Waals surface area contributed by atoms with Gasteiger partial charge in [0.05, 0.1) is 4.34 Å². The first kappa shape index (κ1) is 12.8. The molecule has 0 atom stereocenters. The molecule has 0 bridgehead atoms. The zero-order valence-corrected chi connectivity index (χ0v) is 11.1. The first-order valence-electron chi connectivity index (χ1n) is 5.30. The van der Waals surface area contributed by atoms with Gasteiger partial charge in [0.25, 0.3) is 0 Å². The number of rotatable bonds is 5. The fourth-order valence-electron chi connectivity index (χ4n) is 1.28. The van der Waals surface area contributed by atoms with Crippen LogP contribution in [0, 0.1) is 5.92 Å². The molecule has 0 aromatic carbocycles. The molecule has 0 spiro atoms. The molecule has 1 nitrogen and oxygen atoms in total. The molecule has 1 aromatic heterocycles. The number of hydrogen-bond acceptors (Lipinski definition) is 2. The predicted octanol–water partition coefficient (Wildman–Crippen LogP) is 4.05. The highest BCUT2D eigenvalue weighted by Gasteiger charge is 2.03. The standard InChI is InChI=1S/C12H18ClNS/c1-4-14-8-10(9(2)3)7-11-5-6-12(13)15-11/h5-7,9,14H,4,8H2,1-3H3. The maximum absolute atomic E-state index is 5.90. The van der Waals surface area contributed by atoms with Gasteiger partial charge in [0.1, 0.15) is 0 Å². The topological polar surface area (TPSA) is 12.0 Å². The minimum atomic E-state index is 0.574. The maximum atomic E-state index is 5.90. The van der Waals surface area contributed by atoms with Crippen LogP contribution in [-0.2, 0) is 0 Å². The second-order valence-corrected chi connectivity index (χ2v) is 5.54. The number of likely N-dealkylation sites (N-methyl/N-ethyl adjacent to an activating group) is 1. The monoisotopic (exact) mass is 243 g/mol. The fraction of sp³-hybridized carbons (Fsp3) is 0.500. The van der Waals surface area contributed by atoms with Gasteiger partial charge < -0.3 is 5.32 Å². The molecule has 1 aromatic rings. The van der Waals surface area contributed by atoms with Crippen molar-refractivity contribution in [1.82, 2.24) is 5.32 Å². The molecule has 0 aliphatic carbocycles. The first-order valence-corrected chi connectivity index (χ1v) is 6.49. The minimum Gasteiger partial charge on any atom is -0.313 e. The van der Waals surface area contributed by atoms with Crippen molar-refractivity contribution in [2.45, 2.75) is 20.8 Å². The van der Waals surface area contributed by atoms with Crippen LogP contribution < -0.4 is 5.32 Å². The van der Waals surface area contributed by atoms with E-state index in [9.17, 15) is 0 Å². The average Bonchev–Trinajstić information content (AvgIpc) is 2.58. The molecule has 0 aliphatic rings. The van der Waals surface area contributed by atoms with Crippen LogP contribution in [0.1, 0.15) is 25.6 Å². The van der Waals surface area contributed by atoms with E-state index in [0.717, 1.165) is 17.4 Å². The molecule has 0 radical (unpaired) electrons. The third-order valence-electron chi connectivity index (χ3n) is 2.24. The van der Waals surface area contributed by atoms with Crippen LogP contribution in [0.25, 0.3) is 6.08 Å². The van der Waals surface area contributed by atoms with Crippen molar-refractivity contribution in [2.24, 2.45) is 5.92 Å². The van der Waals surface area contributed by atoms with Crippen molar-refractivity contribution < 1.29 is 0 Å². The van der Waals surface area contributed by atoms with Crippen LogP contribution >= 0.6 is 22.9 Å². The van der Waals surface area contributed by atoms with E-state index in [1.54, 1.807) is 11.3 Å². The summed E-state index contributed by atoms with van der Waals surface area (Å²) in [5, 5.41) is 3.36. The molecule has 15 heavy (non-hydrogen) atoms. The number of thiophene rings is 1. The van der Waals surface area contributed by atoms with Gasteiger partial charge in [-0.3, -0.25) is 0 Å². The predicted molar refractivity (Wildman–Crippen MR) is 70.7 cm³/mol. The summed E-state index contributed by atoms with van der Waals surface area (Å²) < 4.78 is 0.854. The Morgan fingerprint density at radius 2 is 2.27 bits per heavy atom. The summed E-state index contributed by atoms with van der Waals surface area (Å²) >= 11 is 7.53. The van der Waals surface area contributed by atoms with Crippen molar-refractivity contribution >= 4 is 29.0 Å². The van der Waals surface area contributed by atoms with E-state index in [1.165, 1.54) is 10.5 Å². The van der Waals surface area contributed by atoms with Crippen LogP contribution in [0.2, 0.25) is 4.34 Å². The van der Waals surface area contributed by atoms with Crippen LogP contribution in [0.5, 0.6) is 0 Å². The molecule has 0 fully saturated rings. The molecule has 0 amide bonds. The largest absolute Gasteiger partial charge is 0.313 e. The molecule has 0 saturated carbocycles. The summed E-state index contributed by atoms with van der Waals surface area (Å²) in [5.74, 6) is 0.574. The van der Waals surface area contributed by atoms with Gasteiger partial charge in [-0.1, -0.05) is 37.9 Å². The molecule has 1 N–H and O–H groups in total. The summed E-state index contributed by atoms with van der Waals surface area (Å²) in [6, 6.07) is 4.02. The maximum Gasteiger partial charge on any atom is 0.0934 e. The molecule has 1 heterocycles. The van der Waals surface area contributed by atoms with Crippen LogP contribution in [0.4, 0.5) is 0 Å². The lowest BCUT2D eigenvalue weighted by molar-refractivity contribution is 0.683. The summed E-state index contributed by atoms with van der Waals surface area (Å²) in [7, 11) is 0. The average molecular weight is 244 g/mol. The Kier molecular flexibility index (Phi) is 5.37. The Morgan fingerprint density at radius 1 is 1.53 bits per heavy atom. The van der Waals surface area contributed by atoms with Crippen molar-refractivity contribution in [3.05, 3.63) is 26.9 Å². The van der Waals surface area contributed by atoms with E-state index in [4.69, 9.17) is 11.6 Å². The smallest absolute Gasteiger partial charge is 0.0934 e. The molecule has 84 valence electrons. The molecular weight excluding hydrogens is 226 g/mol. The second kappa shape index (κ2) is 6.31. The first-order chi connectivity index (χ1) is 7.13. The van der Waals surface area contributed by atoms with Gasteiger partial charge in [-0.05, 0) is 30.7 Å². The van der Waals surface area contributed by atoms with Gasteiger partial charge in [-0.15, -0.1) is 11.3 Å². The molecule has 0 saturated heterocycles. The van der Waals surface area contributed by atoms with Gasteiger partial charge in [0.2, 0.25) is 0 Å². The lowest BCUT2D eigenvalue weighted by Crippen LogP contribution is -2.18. The highest BCUT2D eigenvalue weighted by atomic mass is 35.5. The summed E-state index contributed by atoms with van der Waals surface area (Å²) in [6.07, 6.45) is 2.24. The summed E-state index contributed by atoms with van der Waals surface area (Å²) in [4.78, 5) is 1.24. The van der Waals surface area contributed by atoms with Gasteiger partial charge in [0.15, 0.2) is 0 Å². The normalized spacial score (nSPS) is 12.5. The van der Waals surface area contributed by atoms with Gasteiger partial charge >= 0.3 is 0 Å². The lowest BCUT2D eigenvalue weighted by Gasteiger charge is -2.11. The quantitative estimate of drug-likeness (QED) is 0.823.